The van der Waals surface area contributed by atoms with Crippen LogP contribution in [0.1, 0.15) is 0 Å². The lowest BCUT2D eigenvalue weighted by Gasteiger charge is -1.79. The minimum absolute atomic E-state index is 0.156. The molecule has 2 heterocycles. The second kappa shape index (κ2) is 2.27. The average molecular weight is 169 g/mol. The van der Waals surface area contributed by atoms with Crippen molar-refractivity contribution in [1.82, 2.24) is 25.6 Å². The normalized spacial score (nSPS) is 10.2. The highest BCUT2D eigenvalue weighted by molar-refractivity contribution is 7.71. The first kappa shape index (κ1) is 6.23. The van der Waals surface area contributed by atoms with E-state index in [2.05, 4.69) is 42.3 Å². The second-order valence-corrected chi connectivity index (χ2v) is 2.13. The zero-order chi connectivity index (χ0) is 7.68. The molecular formula is C4H3N5OS. The van der Waals surface area contributed by atoms with Gasteiger partial charge < -0.3 is 4.52 Å². The maximum atomic E-state index is 4.69. The van der Waals surface area contributed by atoms with Crippen LogP contribution in [-0.2, 0) is 0 Å². The summed E-state index contributed by atoms with van der Waals surface area (Å²) >= 11 is 4.64. The van der Waals surface area contributed by atoms with E-state index < -0.39 is 0 Å². The fraction of sp³-hybridized carbons (Fsp3) is 0. The molecule has 2 rings (SSSR count). The van der Waals surface area contributed by atoms with E-state index in [-0.39, 0.29) is 4.84 Å². The van der Waals surface area contributed by atoms with Crippen LogP contribution in [0.15, 0.2) is 10.7 Å². The molecular weight excluding hydrogens is 166 g/mol. The van der Waals surface area contributed by atoms with Crippen LogP contribution in [-0.4, -0.2) is 25.6 Å². The van der Waals surface area contributed by atoms with Crippen LogP contribution in [0, 0.1) is 4.84 Å². The van der Waals surface area contributed by atoms with Gasteiger partial charge in [-0.3, -0.25) is 0 Å². The molecule has 2 N–H and O–H groups in total. The molecule has 0 atom stereocenters. The van der Waals surface area contributed by atoms with E-state index in [9.17, 15) is 0 Å². The third kappa shape index (κ3) is 1.05. The molecule has 0 fully saturated rings. The number of aromatic amines is 2. The number of H-pyrrole nitrogens is 2. The van der Waals surface area contributed by atoms with E-state index in [0.29, 0.717) is 11.5 Å². The van der Waals surface area contributed by atoms with E-state index in [4.69, 9.17) is 0 Å². The van der Waals surface area contributed by atoms with Gasteiger partial charge in [-0.05, 0) is 12.2 Å². The summed E-state index contributed by atoms with van der Waals surface area (Å²) in [6.07, 6.45) is 1.52. The molecule has 0 aliphatic carbocycles. The topological polar surface area (TPSA) is 83.4 Å². The summed E-state index contributed by atoms with van der Waals surface area (Å²) in [6.45, 7) is 0. The summed E-state index contributed by atoms with van der Waals surface area (Å²) in [6, 6.07) is 0. The number of hydrogen-bond donors (Lipinski definition) is 2. The van der Waals surface area contributed by atoms with Crippen LogP contribution in [0.25, 0.3) is 11.5 Å². The van der Waals surface area contributed by atoms with Crippen molar-refractivity contribution in [3.8, 4) is 11.5 Å². The zero-order valence-corrected chi connectivity index (χ0v) is 6.05. The Morgan fingerprint density at radius 1 is 1.55 bits per heavy atom. The van der Waals surface area contributed by atoms with Gasteiger partial charge in [0.25, 0.3) is 0 Å². The molecule has 0 saturated heterocycles. The Morgan fingerprint density at radius 3 is 3.00 bits per heavy atom. The summed E-state index contributed by atoms with van der Waals surface area (Å²) in [5.74, 6) is 0.476. The molecule has 2 aromatic heterocycles. The summed E-state index contributed by atoms with van der Waals surface area (Å²) in [5, 5.41) is 12.3. The molecule has 2 aromatic rings. The van der Waals surface area contributed by atoms with Crippen LogP contribution in [0.4, 0.5) is 0 Å². The molecule has 0 aliphatic heterocycles. The standard InChI is InChI=1S/C4H3N5OS/c11-4-6-3(8-10-4)2-1-5-9-7-2/h1H,(H,5,7,9)(H,6,8,11). The van der Waals surface area contributed by atoms with Crippen molar-refractivity contribution < 1.29 is 4.52 Å². The SMILES string of the molecule is S=c1nc(-c2cn[nH]n2)[nH]o1. The van der Waals surface area contributed by atoms with Crippen molar-refractivity contribution in [2.45, 2.75) is 0 Å². The first-order chi connectivity index (χ1) is 5.36. The molecule has 11 heavy (non-hydrogen) atoms. The van der Waals surface area contributed by atoms with Crippen LogP contribution < -0.4 is 0 Å². The van der Waals surface area contributed by atoms with Crippen molar-refractivity contribution >= 4 is 12.2 Å². The first-order valence-electron chi connectivity index (χ1n) is 2.78. The minimum Gasteiger partial charge on any atom is -0.348 e. The number of rotatable bonds is 1. The minimum atomic E-state index is 0.156. The summed E-state index contributed by atoms with van der Waals surface area (Å²) in [4.78, 5) is 3.98. The molecule has 0 saturated carbocycles. The molecule has 56 valence electrons. The maximum absolute atomic E-state index is 4.69. The molecule has 6 nitrogen and oxygen atoms in total. The van der Waals surface area contributed by atoms with E-state index in [1.807, 2.05) is 0 Å². The van der Waals surface area contributed by atoms with Crippen LogP contribution >= 0.6 is 12.2 Å². The molecule has 0 aliphatic rings. The number of aromatic nitrogens is 5. The summed E-state index contributed by atoms with van der Waals surface area (Å²) < 4.78 is 4.69. The van der Waals surface area contributed by atoms with Crippen LogP contribution in [0.2, 0.25) is 0 Å². The van der Waals surface area contributed by atoms with Crippen LogP contribution in [0.5, 0.6) is 0 Å². The number of nitrogens with zero attached hydrogens (tertiary/aromatic N) is 3. The molecule has 0 radical (unpaired) electrons. The first-order valence-corrected chi connectivity index (χ1v) is 3.19. The second-order valence-electron chi connectivity index (χ2n) is 1.79. The van der Waals surface area contributed by atoms with E-state index in [1.165, 1.54) is 6.20 Å². The van der Waals surface area contributed by atoms with Gasteiger partial charge >= 0.3 is 4.84 Å². The monoisotopic (exact) mass is 169 g/mol. The third-order valence-corrected chi connectivity index (χ3v) is 1.27. The lowest BCUT2D eigenvalue weighted by molar-refractivity contribution is 0.406. The van der Waals surface area contributed by atoms with Gasteiger partial charge in [0.15, 0.2) is 11.5 Å². The van der Waals surface area contributed by atoms with Gasteiger partial charge in [0.2, 0.25) is 0 Å². The largest absolute Gasteiger partial charge is 0.348 e. The number of hydrogen-bond acceptors (Lipinski definition) is 5. The Labute approximate surface area is 65.6 Å². The Balaban J connectivity index is 2.53. The van der Waals surface area contributed by atoms with Gasteiger partial charge in [0.05, 0.1) is 6.20 Å². The van der Waals surface area contributed by atoms with Crippen molar-refractivity contribution in [3.05, 3.63) is 11.0 Å². The van der Waals surface area contributed by atoms with E-state index in [0.717, 1.165) is 0 Å². The highest BCUT2D eigenvalue weighted by Crippen LogP contribution is 2.07. The van der Waals surface area contributed by atoms with Crippen molar-refractivity contribution in [2.24, 2.45) is 0 Å². The summed E-state index contributed by atoms with van der Waals surface area (Å²) in [5.41, 5.74) is 0.574. The van der Waals surface area contributed by atoms with Gasteiger partial charge in [-0.2, -0.15) is 25.6 Å². The molecule has 0 unspecified atom stereocenters. The van der Waals surface area contributed by atoms with Gasteiger partial charge in [0, 0.05) is 0 Å². The van der Waals surface area contributed by atoms with Gasteiger partial charge in [-0.25, -0.2) is 0 Å². The molecule has 0 aromatic carbocycles. The fourth-order valence-corrected chi connectivity index (χ4v) is 0.787. The molecule has 7 heteroatoms. The van der Waals surface area contributed by atoms with Crippen molar-refractivity contribution in [1.29, 1.82) is 0 Å². The Hall–Kier alpha value is -1.50. The van der Waals surface area contributed by atoms with Gasteiger partial charge in [-0.15, -0.1) is 0 Å². The Kier molecular flexibility index (Phi) is 1.29. The maximum Gasteiger partial charge on any atom is 0.314 e. The third-order valence-electron chi connectivity index (χ3n) is 1.10. The predicted molar refractivity (Wildman–Crippen MR) is 37.1 cm³/mol. The summed E-state index contributed by atoms with van der Waals surface area (Å²) in [7, 11) is 0. The Bertz CT molecular complexity index is 387. The highest BCUT2D eigenvalue weighted by Gasteiger charge is 2.03. The van der Waals surface area contributed by atoms with E-state index in [1.54, 1.807) is 0 Å². The lowest BCUT2D eigenvalue weighted by Crippen LogP contribution is -1.79. The van der Waals surface area contributed by atoms with Gasteiger partial charge in [0.1, 0.15) is 0 Å². The molecule has 0 bridgehead atoms. The van der Waals surface area contributed by atoms with Crippen molar-refractivity contribution in [2.75, 3.05) is 0 Å². The van der Waals surface area contributed by atoms with Crippen LogP contribution in [0.3, 0.4) is 0 Å². The van der Waals surface area contributed by atoms with E-state index >= 15 is 0 Å². The Morgan fingerprint density at radius 2 is 2.45 bits per heavy atom. The quantitative estimate of drug-likeness (QED) is 0.608. The number of nitrogens with one attached hydrogen (secondary N) is 2. The highest BCUT2D eigenvalue weighted by atomic mass is 32.1. The molecule has 0 spiro atoms. The average Bonchev–Trinajstić information content (AvgIpc) is 2.55. The van der Waals surface area contributed by atoms with Gasteiger partial charge in [-0.1, -0.05) is 0 Å². The predicted octanol–water partition coefficient (Wildman–Crippen LogP) is 0.517. The zero-order valence-electron chi connectivity index (χ0n) is 5.24. The molecule has 0 amide bonds. The lowest BCUT2D eigenvalue weighted by atomic mass is 10.5. The fourth-order valence-electron chi connectivity index (χ4n) is 0.654. The van der Waals surface area contributed by atoms with Crippen molar-refractivity contribution in [3.63, 3.8) is 0 Å². The smallest absolute Gasteiger partial charge is 0.314 e.